The molecule has 1 atom stereocenters. The van der Waals surface area contributed by atoms with Crippen LogP contribution < -0.4 is 11.1 Å². The van der Waals surface area contributed by atoms with Gasteiger partial charge in [-0.3, -0.25) is 4.79 Å². The molecule has 1 fully saturated rings. The lowest BCUT2D eigenvalue weighted by Gasteiger charge is -2.26. The van der Waals surface area contributed by atoms with E-state index in [0.29, 0.717) is 11.4 Å². The minimum Gasteiger partial charge on any atom is -0.393 e. The van der Waals surface area contributed by atoms with Crippen LogP contribution in [-0.4, -0.2) is 17.4 Å². The summed E-state index contributed by atoms with van der Waals surface area (Å²) in [7, 11) is 0. The zero-order chi connectivity index (χ0) is 13.5. The SMILES string of the molecule is CCC(C(=O)NCCC1CCC(C)CC1)C(N)=S. The minimum absolute atomic E-state index is 0.00539. The van der Waals surface area contributed by atoms with E-state index < -0.39 is 0 Å². The summed E-state index contributed by atoms with van der Waals surface area (Å²) in [4.78, 5) is 12.1. The molecule has 0 radical (unpaired) electrons. The van der Waals surface area contributed by atoms with Gasteiger partial charge in [0.1, 0.15) is 0 Å². The van der Waals surface area contributed by atoms with Gasteiger partial charge in [-0.25, -0.2) is 0 Å². The summed E-state index contributed by atoms with van der Waals surface area (Å²) in [5.41, 5.74) is 5.55. The second-order valence-electron chi connectivity index (χ2n) is 5.57. The molecule has 0 aromatic heterocycles. The van der Waals surface area contributed by atoms with Crippen molar-refractivity contribution in [2.75, 3.05) is 6.54 Å². The molecule has 0 aromatic rings. The van der Waals surface area contributed by atoms with Gasteiger partial charge in [0.05, 0.1) is 10.9 Å². The summed E-state index contributed by atoms with van der Waals surface area (Å²) in [5.74, 6) is 1.36. The molecular formula is C14H26N2OS. The fourth-order valence-corrected chi connectivity index (χ4v) is 2.93. The normalized spacial score (nSPS) is 25.4. The van der Waals surface area contributed by atoms with Gasteiger partial charge in [0.15, 0.2) is 0 Å². The summed E-state index contributed by atoms with van der Waals surface area (Å²) in [6, 6.07) is 0. The molecule has 0 heterocycles. The number of carbonyl (C=O) groups is 1. The van der Waals surface area contributed by atoms with Gasteiger partial charge in [-0.15, -0.1) is 0 Å². The highest BCUT2D eigenvalue weighted by atomic mass is 32.1. The maximum absolute atomic E-state index is 11.8. The zero-order valence-electron chi connectivity index (χ0n) is 11.6. The van der Waals surface area contributed by atoms with Crippen LogP contribution in [0.2, 0.25) is 0 Å². The first-order valence-electron chi connectivity index (χ1n) is 7.11. The monoisotopic (exact) mass is 270 g/mol. The van der Waals surface area contributed by atoms with Gasteiger partial charge >= 0.3 is 0 Å². The smallest absolute Gasteiger partial charge is 0.229 e. The lowest BCUT2D eigenvalue weighted by atomic mass is 9.81. The Kier molecular flexibility index (Phi) is 6.61. The quantitative estimate of drug-likeness (QED) is 0.730. The van der Waals surface area contributed by atoms with Crippen LogP contribution in [0.4, 0.5) is 0 Å². The molecule has 1 aliphatic carbocycles. The van der Waals surface area contributed by atoms with Crippen molar-refractivity contribution in [1.82, 2.24) is 5.32 Å². The molecular weight excluding hydrogens is 244 g/mol. The topological polar surface area (TPSA) is 55.1 Å². The van der Waals surface area contributed by atoms with E-state index >= 15 is 0 Å². The molecule has 0 bridgehead atoms. The Morgan fingerprint density at radius 2 is 2.00 bits per heavy atom. The minimum atomic E-state index is -0.300. The third-order valence-electron chi connectivity index (χ3n) is 4.06. The first kappa shape index (κ1) is 15.4. The third-order valence-corrected chi connectivity index (χ3v) is 4.34. The molecule has 0 aromatic carbocycles. The summed E-state index contributed by atoms with van der Waals surface area (Å²) in [5, 5.41) is 2.97. The molecule has 0 saturated heterocycles. The van der Waals surface area contributed by atoms with Crippen molar-refractivity contribution in [3.05, 3.63) is 0 Å². The van der Waals surface area contributed by atoms with E-state index in [0.717, 1.165) is 24.8 Å². The first-order valence-corrected chi connectivity index (χ1v) is 7.52. The summed E-state index contributed by atoms with van der Waals surface area (Å²) in [6.07, 6.45) is 7.06. The third kappa shape index (κ3) is 4.92. The number of thiocarbonyl (C=S) groups is 1. The van der Waals surface area contributed by atoms with E-state index in [1.165, 1.54) is 25.7 Å². The standard InChI is InChI=1S/C14H26N2OS/c1-3-12(13(15)18)14(17)16-9-8-11-6-4-10(2)5-7-11/h10-12H,3-9H2,1-2H3,(H2,15,18)(H,16,17). The Labute approximate surface area is 116 Å². The average molecular weight is 270 g/mol. The highest BCUT2D eigenvalue weighted by molar-refractivity contribution is 7.80. The van der Waals surface area contributed by atoms with Crippen molar-refractivity contribution in [1.29, 1.82) is 0 Å². The Bertz CT molecular complexity index is 286. The lowest BCUT2D eigenvalue weighted by molar-refractivity contribution is -0.123. The van der Waals surface area contributed by atoms with E-state index in [9.17, 15) is 4.79 Å². The number of amides is 1. The van der Waals surface area contributed by atoms with Crippen LogP contribution in [-0.2, 0) is 4.79 Å². The van der Waals surface area contributed by atoms with E-state index in [1.807, 2.05) is 6.92 Å². The van der Waals surface area contributed by atoms with Crippen molar-refractivity contribution < 1.29 is 4.79 Å². The van der Waals surface area contributed by atoms with Gasteiger partial charge in [0.25, 0.3) is 0 Å². The van der Waals surface area contributed by atoms with Crippen molar-refractivity contribution in [3.8, 4) is 0 Å². The second-order valence-corrected chi connectivity index (χ2v) is 6.04. The van der Waals surface area contributed by atoms with Crippen LogP contribution in [0.25, 0.3) is 0 Å². The van der Waals surface area contributed by atoms with Crippen LogP contribution in [0.3, 0.4) is 0 Å². The Morgan fingerprint density at radius 3 is 2.50 bits per heavy atom. The molecule has 0 spiro atoms. The van der Waals surface area contributed by atoms with Crippen molar-refractivity contribution in [3.63, 3.8) is 0 Å². The van der Waals surface area contributed by atoms with Crippen molar-refractivity contribution >= 4 is 23.1 Å². The van der Waals surface area contributed by atoms with Crippen LogP contribution in [0.1, 0.15) is 52.4 Å². The second kappa shape index (κ2) is 7.72. The Balaban J connectivity index is 2.21. The molecule has 104 valence electrons. The molecule has 1 rings (SSSR count). The largest absolute Gasteiger partial charge is 0.393 e. The summed E-state index contributed by atoms with van der Waals surface area (Å²) < 4.78 is 0. The molecule has 3 nitrogen and oxygen atoms in total. The molecule has 1 amide bonds. The summed E-state index contributed by atoms with van der Waals surface area (Å²) in [6.45, 7) is 5.02. The van der Waals surface area contributed by atoms with Gasteiger partial charge in [-0.05, 0) is 24.7 Å². The number of nitrogens with one attached hydrogen (secondary N) is 1. The highest BCUT2D eigenvalue weighted by Gasteiger charge is 2.20. The average Bonchev–Trinajstić information content (AvgIpc) is 2.32. The highest BCUT2D eigenvalue weighted by Crippen LogP contribution is 2.29. The van der Waals surface area contributed by atoms with E-state index in [-0.39, 0.29) is 11.8 Å². The predicted octanol–water partition coefficient (Wildman–Crippen LogP) is 2.63. The Hall–Kier alpha value is -0.640. The molecule has 4 heteroatoms. The van der Waals surface area contributed by atoms with Gasteiger partial charge in [0, 0.05) is 6.54 Å². The number of hydrogen-bond acceptors (Lipinski definition) is 2. The predicted molar refractivity (Wildman–Crippen MR) is 79.3 cm³/mol. The molecule has 1 unspecified atom stereocenters. The fourth-order valence-electron chi connectivity index (χ4n) is 2.66. The number of hydrogen-bond donors (Lipinski definition) is 2. The van der Waals surface area contributed by atoms with Crippen LogP contribution >= 0.6 is 12.2 Å². The molecule has 18 heavy (non-hydrogen) atoms. The first-order chi connectivity index (χ1) is 8.54. The number of rotatable bonds is 6. The van der Waals surface area contributed by atoms with Gasteiger partial charge in [-0.2, -0.15) is 0 Å². The van der Waals surface area contributed by atoms with Crippen LogP contribution in [0.15, 0.2) is 0 Å². The van der Waals surface area contributed by atoms with Crippen LogP contribution in [0.5, 0.6) is 0 Å². The lowest BCUT2D eigenvalue weighted by Crippen LogP contribution is -2.38. The maximum atomic E-state index is 11.8. The number of carbonyl (C=O) groups excluding carboxylic acids is 1. The maximum Gasteiger partial charge on any atom is 0.229 e. The Morgan fingerprint density at radius 1 is 1.39 bits per heavy atom. The van der Waals surface area contributed by atoms with Gasteiger partial charge in [-0.1, -0.05) is 51.7 Å². The molecule has 1 saturated carbocycles. The van der Waals surface area contributed by atoms with E-state index in [4.69, 9.17) is 18.0 Å². The molecule has 1 aliphatic rings. The summed E-state index contributed by atoms with van der Waals surface area (Å²) >= 11 is 4.90. The van der Waals surface area contributed by atoms with Gasteiger partial charge in [0.2, 0.25) is 5.91 Å². The molecule has 3 N–H and O–H groups in total. The van der Waals surface area contributed by atoms with Gasteiger partial charge < -0.3 is 11.1 Å². The number of nitrogens with two attached hydrogens (primary N) is 1. The van der Waals surface area contributed by atoms with E-state index in [1.54, 1.807) is 0 Å². The van der Waals surface area contributed by atoms with Crippen LogP contribution in [0, 0.1) is 17.8 Å². The van der Waals surface area contributed by atoms with Crippen molar-refractivity contribution in [2.24, 2.45) is 23.5 Å². The zero-order valence-corrected chi connectivity index (χ0v) is 12.4. The van der Waals surface area contributed by atoms with Crippen molar-refractivity contribution in [2.45, 2.75) is 52.4 Å². The fraction of sp³-hybridized carbons (Fsp3) is 0.857. The van der Waals surface area contributed by atoms with E-state index in [2.05, 4.69) is 12.2 Å². The molecule has 0 aliphatic heterocycles.